The molecule has 0 aliphatic heterocycles. The molecule has 0 spiro atoms. The zero-order chi connectivity index (χ0) is 25.1. The van der Waals surface area contributed by atoms with Gasteiger partial charge in [0.15, 0.2) is 0 Å². The number of hydrogen-bond donors (Lipinski definition) is 0. The number of hydrogen-bond acceptors (Lipinski definition) is 3. The van der Waals surface area contributed by atoms with Crippen LogP contribution in [0.15, 0.2) is 102 Å². The second kappa shape index (κ2) is 11.3. The van der Waals surface area contributed by atoms with E-state index in [4.69, 9.17) is 4.42 Å². The van der Waals surface area contributed by atoms with E-state index in [1.54, 1.807) is 6.20 Å². The van der Waals surface area contributed by atoms with E-state index in [1.165, 1.54) is 16.1 Å². The molecule has 0 aliphatic carbocycles. The Kier molecular flexibility index (Phi) is 8.18. The van der Waals surface area contributed by atoms with Crippen LogP contribution in [0.1, 0.15) is 5.56 Å². The summed E-state index contributed by atoms with van der Waals surface area (Å²) in [7, 11) is -1.35. The molecule has 3 aromatic heterocycles. The number of nitrogens with zero attached hydrogens (tertiary/aromatic N) is 2. The molecule has 6 rings (SSSR count). The Hall–Kier alpha value is -3.37. The average Bonchev–Trinajstić information content (AvgIpc) is 3.28. The van der Waals surface area contributed by atoms with Gasteiger partial charge in [-0.15, -0.1) is 54.1 Å². The summed E-state index contributed by atoms with van der Waals surface area (Å²) in [5, 5.41) is 3.77. The van der Waals surface area contributed by atoms with Gasteiger partial charge in [0, 0.05) is 37.9 Å². The molecule has 0 amide bonds. The summed E-state index contributed by atoms with van der Waals surface area (Å²) in [6, 6.07) is 34.9. The van der Waals surface area contributed by atoms with E-state index in [-0.39, 0.29) is 20.1 Å². The molecule has 0 unspecified atom stereocenters. The van der Waals surface area contributed by atoms with Crippen molar-refractivity contribution in [3.05, 3.63) is 115 Å². The first-order valence-electron chi connectivity index (χ1n) is 12.1. The Balaban J connectivity index is 0.000000195. The number of rotatable bonds is 3. The minimum absolute atomic E-state index is 0. The van der Waals surface area contributed by atoms with Crippen LogP contribution < -0.4 is 5.19 Å². The quantitative estimate of drug-likeness (QED) is 0.142. The molecule has 3 heterocycles. The van der Waals surface area contributed by atoms with Crippen LogP contribution in [0, 0.1) is 19.1 Å². The standard InChI is InChI=1S/C20H18NOSi.C12H10N.Ir/c1-23(2,3)14-10-11-19-17(13-14)15-7-6-8-16(20(15)22-19)18-9-4-5-12-21-18;1-10-7-8-12(13-9-10)11-5-3-2-4-6-11;/h4-7,9-13H,1-3H3;2-5,7-9H,1H3;/q2*-1;. The van der Waals surface area contributed by atoms with Crippen LogP contribution in [-0.4, -0.2) is 18.0 Å². The Morgan fingerprint density at radius 3 is 2.27 bits per heavy atom. The van der Waals surface area contributed by atoms with Gasteiger partial charge in [-0.3, -0.25) is 0 Å². The first kappa shape index (κ1) is 26.7. The van der Waals surface area contributed by atoms with E-state index in [9.17, 15) is 0 Å². The largest absolute Gasteiger partial charge is 0.501 e. The van der Waals surface area contributed by atoms with E-state index < -0.39 is 8.07 Å². The molecule has 3 aromatic carbocycles. The molecule has 0 fully saturated rings. The van der Waals surface area contributed by atoms with Crippen LogP contribution in [0.2, 0.25) is 19.6 Å². The van der Waals surface area contributed by atoms with Crippen molar-refractivity contribution in [1.29, 1.82) is 0 Å². The van der Waals surface area contributed by atoms with Crippen molar-refractivity contribution >= 4 is 35.2 Å². The van der Waals surface area contributed by atoms with Crippen molar-refractivity contribution in [3.63, 3.8) is 0 Å². The summed E-state index contributed by atoms with van der Waals surface area (Å²) < 4.78 is 6.15. The number of fused-ring (bicyclic) bond motifs is 3. The predicted octanol–water partition coefficient (Wildman–Crippen LogP) is 7.85. The number of benzene rings is 3. The van der Waals surface area contributed by atoms with Gasteiger partial charge in [-0.2, -0.15) is 0 Å². The second-order valence-electron chi connectivity index (χ2n) is 9.87. The molecule has 0 N–H and O–H groups in total. The van der Waals surface area contributed by atoms with E-state index in [2.05, 4.69) is 72.1 Å². The van der Waals surface area contributed by atoms with Crippen molar-refractivity contribution in [2.45, 2.75) is 26.6 Å². The Morgan fingerprint density at radius 1 is 0.757 bits per heavy atom. The third-order valence-electron chi connectivity index (χ3n) is 6.11. The van der Waals surface area contributed by atoms with Gasteiger partial charge in [0.2, 0.25) is 0 Å². The molecular formula is C32H28IrN2OSi-2. The van der Waals surface area contributed by atoms with E-state index in [1.807, 2.05) is 67.7 Å². The minimum Gasteiger partial charge on any atom is -0.501 e. The first-order valence-corrected chi connectivity index (χ1v) is 15.6. The zero-order valence-corrected chi connectivity index (χ0v) is 24.8. The van der Waals surface area contributed by atoms with Crippen LogP contribution in [0.5, 0.6) is 0 Å². The normalized spacial score (nSPS) is 11.0. The Bertz CT molecular complexity index is 1610. The average molecular weight is 677 g/mol. The van der Waals surface area contributed by atoms with Gasteiger partial charge in [0.25, 0.3) is 0 Å². The summed E-state index contributed by atoms with van der Waals surface area (Å²) in [6.07, 6.45) is 3.67. The molecule has 1 radical (unpaired) electrons. The smallest absolute Gasteiger partial charge is 0.120 e. The summed E-state index contributed by atoms with van der Waals surface area (Å²) in [5.74, 6) is 0. The molecule has 0 saturated heterocycles. The summed E-state index contributed by atoms with van der Waals surface area (Å²) in [6.45, 7) is 9.13. The van der Waals surface area contributed by atoms with Crippen molar-refractivity contribution < 1.29 is 24.5 Å². The molecule has 0 aliphatic rings. The van der Waals surface area contributed by atoms with Gasteiger partial charge in [-0.1, -0.05) is 72.2 Å². The van der Waals surface area contributed by atoms with Crippen molar-refractivity contribution in [2.24, 2.45) is 0 Å². The third-order valence-corrected chi connectivity index (χ3v) is 8.16. The van der Waals surface area contributed by atoms with Crippen LogP contribution in [0.4, 0.5) is 0 Å². The monoisotopic (exact) mass is 677 g/mol. The molecule has 187 valence electrons. The summed E-state index contributed by atoms with van der Waals surface area (Å²) in [4.78, 5) is 8.76. The van der Waals surface area contributed by atoms with Gasteiger partial charge in [-0.25, -0.2) is 0 Å². The van der Waals surface area contributed by atoms with Gasteiger partial charge < -0.3 is 14.4 Å². The van der Waals surface area contributed by atoms with Crippen LogP contribution in [0.3, 0.4) is 0 Å². The molecule has 37 heavy (non-hydrogen) atoms. The fourth-order valence-electron chi connectivity index (χ4n) is 4.09. The predicted molar refractivity (Wildman–Crippen MR) is 152 cm³/mol. The van der Waals surface area contributed by atoms with Gasteiger partial charge in [0.1, 0.15) is 5.58 Å². The maximum Gasteiger partial charge on any atom is 0.120 e. The summed E-state index contributed by atoms with van der Waals surface area (Å²) in [5.41, 5.74) is 6.82. The molecule has 3 nitrogen and oxygen atoms in total. The number of pyridine rings is 2. The number of aryl methyl sites for hydroxylation is 1. The molecule has 0 atom stereocenters. The van der Waals surface area contributed by atoms with Crippen molar-refractivity contribution in [2.75, 3.05) is 0 Å². The van der Waals surface area contributed by atoms with E-state index in [0.29, 0.717) is 0 Å². The van der Waals surface area contributed by atoms with E-state index in [0.717, 1.165) is 39.1 Å². The van der Waals surface area contributed by atoms with Crippen molar-refractivity contribution in [3.8, 4) is 22.5 Å². The van der Waals surface area contributed by atoms with Crippen LogP contribution in [0.25, 0.3) is 44.5 Å². The summed E-state index contributed by atoms with van der Waals surface area (Å²) >= 11 is 0. The molecule has 6 aromatic rings. The molecule has 0 bridgehead atoms. The first-order chi connectivity index (χ1) is 17.4. The van der Waals surface area contributed by atoms with Crippen molar-refractivity contribution in [1.82, 2.24) is 9.97 Å². The fraction of sp³-hybridized carbons (Fsp3) is 0.125. The third kappa shape index (κ3) is 5.96. The molecule has 0 saturated carbocycles. The van der Waals surface area contributed by atoms with Gasteiger partial charge >= 0.3 is 0 Å². The van der Waals surface area contributed by atoms with E-state index >= 15 is 0 Å². The molecular weight excluding hydrogens is 649 g/mol. The zero-order valence-electron chi connectivity index (χ0n) is 21.4. The number of furan rings is 1. The minimum atomic E-state index is -1.35. The Labute approximate surface area is 233 Å². The number of aromatic nitrogens is 2. The Morgan fingerprint density at radius 2 is 1.59 bits per heavy atom. The van der Waals surface area contributed by atoms with Gasteiger partial charge in [-0.05, 0) is 36.0 Å². The SMILES string of the molecule is C[Si](C)(C)c1ccc2oc3c(-c4ccccn4)[c-]ccc3c2c1.Cc1ccc(-c2[c-]cccc2)nc1.[Ir]. The second-order valence-corrected chi connectivity index (χ2v) is 14.9. The molecule has 5 heteroatoms. The maximum absolute atomic E-state index is 6.15. The van der Waals surface area contributed by atoms with Crippen LogP contribution >= 0.6 is 0 Å². The fourth-order valence-corrected chi connectivity index (χ4v) is 5.25. The maximum atomic E-state index is 6.15. The topological polar surface area (TPSA) is 38.9 Å². The van der Waals surface area contributed by atoms with Crippen LogP contribution in [-0.2, 0) is 20.1 Å². The van der Waals surface area contributed by atoms with Gasteiger partial charge in [0.05, 0.1) is 13.7 Å².